The highest BCUT2D eigenvalue weighted by molar-refractivity contribution is 6.32. The zero-order valence-electron chi connectivity index (χ0n) is 12.0. The van der Waals surface area contributed by atoms with Crippen LogP contribution in [0.5, 0.6) is 5.75 Å². The Kier molecular flexibility index (Phi) is 6.03. The Morgan fingerprint density at radius 3 is 2.91 bits per heavy atom. The van der Waals surface area contributed by atoms with Crippen LogP contribution in [0.4, 0.5) is 0 Å². The normalized spacial score (nSPS) is 18.0. The molecule has 0 unspecified atom stereocenters. The Balaban J connectivity index is 1.77. The van der Waals surface area contributed by atoms with E-state index in [2.05, 4.69) is 0 Å². The first-order valence-electron chi connectivity index (χ1n) is 7.07. The molecular weight excluding hydrogens is 310 g/mol. The van der Waals surface area contributed by atoms with Crippen LogP contribution in [0.2, 0.25) is 5.02 Å². The summed E-state index contributed by atoms with van der Waals surface area (Å²) in [6, 6.07) is 6.21. The molecule has 22 heavy (non-hydrogen) atoms. The van der Waals surface area contributed by atoms with Gasteiger partial charge in [-0.25, -0.2) is 4.79 Å². The maximum absolute atomic E-state index is 12.1. The first-order chi connectivity index (χ1) is 10.6. The van der Waals surface area contributed by atoms with E-state index in [1.54, 1.807) is 12.1 Å². The second-order valence-electron chi connectivity index (χ2n) is 4.90. The second kappa shape index (κ2) is 8.00. The molecule has 1 amide bonds. The van der Waals surface area contributed by atoms with Gasteiger partial charge in [0.25, 0.3) is 0 Å². The number of carbonyl (C=O) groups is 2. The number of aliphatic carboxylic acids is 1. The topological polar surface area (TPSA) is 76.1 Å². The number of nitrogens with zero attached hydrogens (tertiary/aromatic N) is 1. The van der Waals surface area contributed by atoms with Gasteiger partial charge in [0.1, 0.15) is 5.75 Å². The van der Waals surface area contributed by atoms with Crippen LogP contribution in [0.15, 0.2) is 24.3 Å². The number of benzene rings is 1. The minimum absolute atomic E-state index is 0.0389. The Morgan fingerprint density at radius 2 is 2.18 bits per heavy atom. The summed E-state index contributed by atoms with van der Waals surface area (Å²) >= 11 is 5.96. The number of rotatable bonds is 6. The number of amides is 1. The number of carbonyl (C=O) groups excluding carboxylic acids is 1. The van der Waals surface area contributed by atoms with Crippen LogP contribution in [0.25, 0.3) is 0 Å². The lowest BCUT2D eigenvalue weighted by molar-refractivity contribution is -0.158. The number of morpholine rings is 1. The number of carboxylic acids is 1. The third-order valence-electron chi connectivity index (χ3n) is 3.36. The standard InChI is InChI=1S/C15H18ClNO5/c16-11-4-1-2-5-13(11)22-8-3-6-14(18)17-7-9-21-10-12(17)15(19)20/h1-2,4-5,12H,3,6-10H2,(H,19,20)/t12-/m0/s1. The van der Waals surface area contributed by atoms with Gasteiger partial charge in [-0.15, -0.1) is 0 Å². The van der Waals surface area contributed by atoms with Crippen LogP contribution in [0.3, 0.4) is 0 Å². The molecule has 0 radical (unpaired) electrons. The van der Waals surface area contributed by atoms with E-state index in [0.717, 1.165) is 0 Å². The van der Waals surface area contributed by atoms with Crippen LogP contribution in [-0.4, -0.2) is 54.3 Å². The Morgan fingerprint density at radius 1 is 1.41 bits per heavy atom. The molecule has 1 aliphatic heterocycles. The average molecular weight is 328 g/mol. The second-order valence-corrected chi connectivity index (χ2v) is 5.31. The fraction of sp³-hybridized carbons (Fsp3) is 0.467. The van der Waals surface area contributed by atoms with Crippen LogP contribution in [-0.2, 0) is 14.3 Å². The minimum atomic E-state index is -1.04. The first kappa shape index (κ1) is 16.6. The van der Waals surface area contributed by atoms with Crippen LogP contribution < -0.4 is 4.74 Å². The third-order valence-corrected chi connectivity index (χ3v) is 3.68. The summed E-state index contributed by atoms with van der Waals surface area (Å²) in [5.41, 5.74) is 0. The highest BCUT2D eigenvalue weighted by Crippen LogP contribution is 2.23. The lowest BCUT2D eigenvalue weighted by Crippen LogP contribution is -2.52. The van der Waals surface area contributed by atoms with Crippen molar-refractivity contribution in [1.82, 2.24) is 4.90 Å². The van der Waals surface area contributed by atoms with Crippen molar-refractivity contribution in [2.45, 2.75) is 18.9 Å². The first-order valence-corrected chi connectivity index (χ1v) is 7.44. The van der Waals surface area contributed by atoms with Gasteiger partial charge < -0.3 is 19.5 Å². The van der Waals surface area contributed by atoms with Crippen molar-refractivity contribution in [2.24, 2.45) is 0 Å². The largest absolute Gasteiger partial charge is 0.492 e. The van der Waals surface area contributed by atoms with Gasteiger partial charge in [0.05, 0.1) is 24.8 Å². The van der Waals surface area contributed by atoms with E-state index in [-0.39, 0.29) is 18.9 Å². The van der Waals surface area contributed by atoms with Crippen molar-refractivity contribution < 1.29 is 24.2 Å². The number of hydrogen-bond acceptors (Lipinski definition) is 4. The van der Waals surface area contributed by atoms with E-state index in [1.165, 1.54) is 4.90 Å². The zero-order chi connectivity index (χ0) is 15.9. The lowest BCUT2D eigenvalue weighted by Gasteiger charge is -2.32. The zero-order valence-corrected chi connectivity index (χ0v) is 12.8. The molecular formula is C15H18ClNO5. The molecule has 1 heterocycles. The lowest BCUT2D eigenvalue weighted by atomic mass is 10.2. The number of halogens is 1. The Hall–Kier alpha value is -1.79. The van der Waals surface area contributed by atoms with Crippen LogP contribution in [0.1, 0.15) is 12.8 Å². The maximum Gasteiger partial charge on any atom is 0.328 e. The summed E-state index contributed by atoms with van der Waals surface area (Å²) in [4.78, 5) is 24.6. The van der Waals surface area contributed by atoms with Crippen LogP contribution in [0, 0.1) is 0 Å². The number of carboxylic acid groups (broad SMARTS) is 1. The van der Waals surface area contributed by atoms with E-state index < -0.39 is 12.0 Å². The van der Waals surface area contributed by atoms with Crippen molar-refractivity contribution in [1.29, 1.82) is 0 Å². The predicted octanol–water partition coefficient (Wildman–Crippen LogP) is 1.81. The van der Waals surface area contributed by atoms with Crippen LogP contribution >= 0.6 is 11.6 Å². The van der Waals surface area contributed by atoms with Crippen molar-refractivity contribution in [2.75, 3.05) is 26.4 Å². The molecule has 1 aromatic rings. The molecule has 1 aromatic carbocycles. The van der Waals surface area contributed by atoms with Gasteiger partial charge in [0, 0.05) is 13.0 Å². The molecule has 0 spiro atoms. The molecule has 1 atom stereocenters. The molecule has 120 valence electrons. The molecule has 0 bridgehead atoms. The van der Waals surface area contributed by atoms with Gasteiger partial charge >= 0.3 is 5.97 Å². The Labute approximate surface area is 133 Å². The van der Waals surface area contributed by atoms with Gasteiger partial charge in [-0.2, -0.15) is 0 Å². The quantitative estimate of drug-likeness (QED) is 0.806. The van der Waals surface area contributed by atoms with E-state index in [1.807, 2.05) is 12.1 Å². The smallest absolute Gasteiger partial charge is 0.328 e. The maximum atomic E-state index is 12.1. The average Bonchev–Trinajstić information content (AvgIpc) is 2.52. The monoisotopic (exact) mass is 327 g/mol. The number of hydrogen-bond donors (Lipinski definition) is 1. The molecule has 0 saturated carbocycles. The molecule has 1 saturated heterocycles. The molecule has 1 fully saturated rings. The van der Waals surface area contributed by atoms with Gasteiger partial charge in [0.15, 0.2) is 6.04 Å². The van der Waals surface area contributed by atoms with E-state index in [4.69, 9.17) is 26.2 Å². The summed E-state index contributed by atoms with van der Waals surface area (Å²) in [6.45, 7) is 1.06. The molecule has 2 rings (SSSR count). The molecule has 1 N–H and O–H groups in total. The number of para-hydroxylation sites is 1. The SMILES string of the molecule is O=C(O)[C@@H]1COCCN1C(=O)CCCOc1ccccc1Cl. The predicted molar refractivity (Wildman–Crippen MR) is 80.1 cm³/mol. The van der Waals surface area contributed by atoms with Gasteiger partial charge in [-0.3, -0.25) is 4.79 Å². The molecule has 6 nitrogen and oxygen atoms in total. The summed E-state index contributed by atoms with van der Waals surface area (Å²) in [7, 11) is 0. The third kappa shape index (κ3) is 4.35. The fourth-order valence-corrected chi connectivity index (χ4v) is 2.41. The van der Waals surface area contributed by atoms with Crippen molar-refractivity contribution >= 4 is 23.5 Å². The van der Waals surface area contributed by atoms with Gasteiger partial charge in [-0.1, -0.05) is 23.7 Å². The molecule has 1 aliphatic rings. The highest BCUT2D eigenvalue weighted by atomic mass is 35.5. The molecule has 7 heteroatoms. The summed E-state index contributed by atoms with van der Waals surface area (Å²) in [5, 5.41) is 9.62. The summed E-state index contributed by atoms with van der Waals surface area (Å²) < 4.78 is 10.6. The van der Waals surface area contributed by atoms with E-state index in [0.29, 0.717) is 37.0 Å². The fourth-order valence-electron chi connectivity index (χ4n) is 2.22. The van der Waals surface area contributed by atoms with Crippen molar-refractivity contribution in [3.63, 3.8) is 0 Å². The van der Waals surface area contributed by atoms with Crippen molar-refractivity contribution in [3.05, 3.63) is 29.3 Å². The van der Waals surface area contributed by atoms with E-state index >= 15 is 0 Å². The summed E-state index contributed by atoms with van der Waals surface area (Å²) in [5.74, 6) is -0.662. The molecule has 0 aromatic heterocycles. The Bertz CT molecular complexity index is 536. The van der Waals surface area contributed by atoms with E-state index in [9.17, 15) is 9.59 Å². The van der Waals surface area contributed by atoms with Crippen molar-refractivity contribution in [3.8, 4) is 5.75 Å². The highest BCUT2D eigenvalue weighted by Gasteiger charge is 2.32. The molecule has 0 aliphatic carbocycles. The number of ether oxygens (including phenoxy) is 2. The van der Waals surface area contributed by atoms with Gasteiger partial charge in [-0.05, 0) is 18.6 Å². The minimum Gasteiger partial charge on any atom is -0.492 e. The summed E-state index contributed by atoms with van der Waals surface area (Å²) in [6.07, 6.45) is 0.724. The van der Waals surface area contributed by atoms with Gasteiger partial charge in [0.2, 0.25) is 5.91 Å².